The van der Waals surface area contributed by atoms with E-state index in [0.717, 1.165) is 6.42 Å². The Labute approximate surface area is 132 Å². The molecule has 0 aromatic heterocycles. The summed E-state index contributed by atoms with van der Waals surface area (Å²) in [7, 11) is 0. The number of para-hydroxylation sites is 1. The fourth-order valence-corrected chi connectivity index (χ4v) is 2.90. The van der Waals surface area contributed by atoms with Gasteiger partial charge in [-0.2, -0.15) is 0 Å². The summed E-state index contributed by atoms with van der Waals surface area (Å²) in [5, 5.41) is 0. The average molecular weight is 290 g/mol. The SMILES string of the molecule is C1=CCC(c2ccc(C3NNc4ccccc43)cc2)=C1.CC. The molecule has 1 unspecified atom stereocenters. The molecular weight excluding hydrogens is 268 g/mol. The van der Waals surface area contributed by atoms with Gasteiger partial charge in [0.1, 0.15) is 0 Å². The van der Waals surface area contributed by atoms with Crippen LogP contribution in [0.25, 0.3) is 5.57 Å². The summed E-state index contributed by atoms with van der Waals surface area (Å²) in [6, 6.07) is 17.5. The first-order valence-electron chi connectivity index (χ1n) is 7.98. The van der Waals surface area contributed by atoms with Crippen molar-refractivity contribution >= 4 is 11.3 Å². The number of benzene rings is 2. The highest BCUT2D eigenvalue weighted by Crippen LogP contribution is 2.33. The molecule has 1 aliphatic carbocycles. The summed E-state index contributed by atoms with van der Waals surface area (Å²) >= 11 is 0. The van der Waals surface area contributed by atoms with Crippen LogP contribution in [-0.2, 0) is 0 Å². The lowest BCUT2D eigenvalue weighted by Gasteiger charge is -2.12. The third-order valence-corrected chi connectivity index (χ3v) is 4.01. The minimum atomic E-state index is 0.232. The van der Waals surface area contributed by atoms with Crippen molar-refractivity contribution < 1.29 is 0 Å². The molecule has 112 valence electrons. The largest absolute Gasteiger partial charge is 0.320 e. The van der Waals surface area contributed by atoms with Gasteiger partial charge in [0.2, 0.25) is 0 Å². The van der Waals surface area contributed by atoms with Crippen LogP contribution in [0.15, 0.2) is 66.8 Å². The third kappa shape index (κ3) is 2.70. The summed E-state index contributed by atoms with van der Waals surface area (Å²) in [4.78, 5) is 0. The van der Waals surface area contributed by atoms with E-state index in [9.17, 15) is 0 Å². The Morgan fingerprint density at radius 2 is 1.73 bits per heavy atom. The van der Waals surface area contributed by atoms with Gasteiger partial charge in [0.05, 0.1) is 11.7 Å². The van der Waals surface area contributed by atoms with Gasteiger partial charge >= 0.3 is 0 Å². The minimum absolute atomic E-state index is 0.232. The Hall–Kier alpha value is -2.32. The van der Waals surface area contributed by atoms with Crippen molar-refractivity contribution in [1.29, 1.82) is 0 Å². The standard InChI is InChI=1S/C18H16N2.C2H6/c1-2-6-13(5-1)14-9-11-15(12-10-14)18-16-7-3-4-8-17(16)19-20-18;1-2/h1-5,7-12,18-20H,6H2;1-2H3. The van der Waals surface area contributed by atoms with Crippen molar-refractivity contribution in [2.45, 2.75) is 26.3 Å². The monoisotopic (exact) mass is 290 g/mol. The van der Waals surface area contributed by atoms with E-state index in [4.69, 9.17) is 0 Å². The van der Waals surface area contributed by atoms with Crippen LogP contribution in [0, 0.1) is 0 Å². The van der Waals surface area contributed by atoms with Crippen molar-refractivity contribution in [3.05, 3.63) is 83.4 Å². The Balaban J connectivity index is 0.000000693. The molecule has 1 heterocycles. The van der Waals surface area contributed by atoms with Gasteiger partial charge in [-0.05, 0) is 34.8 Å². The Bertz CT molecular complexity index is 696. The maximum atomic E-state index is 3.35. The van der Waals surface area contributed by atoms with Crippen LogP contribution >= 0.6 is 0 Å². The molecule has 0 radical (unpaired) electrons. The van der Waals surface area contributed by atoms with Crippen LogP contribution in [0.2, 0.25) is 0 Å². The fourth-order valence-electron chi connectivity index (χ4n) is 2.90. The third-order valence-electron chi connectivity index (χ3n) is 4.01. The molecule has 2 aromatic rings. The molecular formula is C20H22N2. The molecule has 0 saturated heterocycles. The van der Waals surface area contributed by atoms with Crippen molar-refractivity contribution in [2.75, 3.05) is 5.43 Å². The molecule has 2 aliphatic rings. The number of rotatable bonds is 2. The van der Waals surface area contributed by atoms with Gasteiger partial charge in [0, 0.05) is 0 Å². The van der Waals surface area contributed by atoms with Crippen LogP contribution in [-0.4, -0.2) is 0 Å². The zero-order valence-electron chi connectivity index (χ0n) is 13.1. The molecule has 0 bridgehead atoms. The summed E-state index contributed by atoms with van der Waals surface area (Å²) in [5.74, 6) is 0. The van der Waals surface area contributed by atoms with Crippen LogP contribution in [0.4, 0.5) is 5.69 Å². The molecule has 2 aromatic carbocycles. The number of fused-ring (bicyclic) bond motifs is 1. The first kappa shape index (κ1) is 14.6. The smallest absolute Gasteiger partial charge is 0.0780 e. The predicted molar refractivity (Wildman–Crippen MR) is 94.6 cm³/mol. The maximum absolute atomic E-state index is 3.35. The van der Waals surface area contributed by atoms with E-state index in [1.807, 2.05) is 13.8 Å². The van der Waals surface area contributed by atoms with Crippen LogP contribution in [0.5, 0.6) is 0 Å². The first-order valence-corrected chi connectivity index (χ1v) is 7.98. The second-order valence-corrected chi connectivity index (χ2v) is 5.24. The highest BCUT2D eigenvalue weighted by atomic mass is 15.4. The second-order valence-electron chi connectivity index (χ2n) is 5.24. The van der Waals surface area contributed by atoms with Gasteiger partial charge in [-0.3, -0.25) is 0 Å². The summed E-state index contributed by atoms with van der Waals surface area (Å²) in [6.07, 6.45) is 7.56. The maximum Gasteiger partial charge on any atom is 0.0780 e. The molecule has 2 heteroatoms. The van der Waals surface area contributed by atoms with Crippen LogP contribution in [0.1, 0.15) is 43.0 Å². The highest BCUT2D eigenvalue weighted by molar-refractivity contribution is 5.71. The highest BCUT2D eigenvalue weighted by Gasteiger charge is 2.22. The summed E-state index contributed by atoms with van der Waals surface area (Å²) in [6.45, 7) is 4.00. The van der Waals surface area contributed by atoms with Crippen molar-refractivity contribution in [2.24, 2.45) is 0 Å². The van der Waals surface area contributed by atoms with Crippen molar-refractivity contribution in [3.8, 4) is 0 Å². The van der Waals surface area contributed by atoms with E-state index in [0.29, 0.717) is 0 Å². The van der Waals surface area contributed by atoms with Crippen LogP contribution in [0.3, 0.4) is 0 Å². The number of anilines is 1. The van der Waals surface area contributed by atoms with Crippen molar-refractivity contribution in [1.82, 2.24) is 5.43 Å². The van der Waals surface area contributed by atoms with Crippen molar-refractivity contribution in [3.63, 3.8) is 0 Å². The summed E-state index contributed by atoms with van der Waals surface area (Å²) in [5.41, 5.74) is 13.1. The van der Waals surface area contributed by atoms with Gasteiger partial charge < -0.3 is 5.43 Å². The number of hydrogen-bond acceptors (Lipinski definition) is 2. The van der Waals surface area contributed by atoms with Gasteiger partial charge in [-0.15, -0.1) is 0 Å². The average Bonchev–Trinajstić information content (AvgIpc) is 3.27. The Morgan fingerprint density at radius 3 is 2.45 bits per heavy atom. The number of hydrogen-bond donors (Lipinski definition) is 2. The molecule has 0 fully saturated rings. The zero-order chi connectivity index (χ0) is 15.4. The Morgan fingerprint density at radius 1 is 0.955 bits per heavy atom. The zero-order valence-corrected chi connectivity index (χ0v) is 13.1. The summed E-state index contributed by atoms with van der Waals surface area (Å²) < 4.78 is 0. The normalized spacial score (nSPS) is 18.1. The predicted octanol–water partition coefficient (Wildman–Crippen LogP) is 5.08. The molecule has 2 N–H and O–H groups in total. The lowest BCUT2D eigenvalue weighted by atomic mass is 9.96. The van der Waals surface area contributed by atoms with E-state index < -0.39 is 0 Å². The molecule has 4 rings (SSSR count). The molecule has 0 saturated carbocycles. The molecule has 22 heavy (non-hydrogen) atoms. The molecule has 0 amide bonds. The van der Waals surface area contributed by atoms with Gasteiger partial charge in [-0.25, -0.2) is 5.43 Å². The lowest BCUT2D eigenvalue weighted by Crippen LogP contribution is -2.19. The van der Waals surface area contributed by atoms with E-state index in [2.05, 4.69) is 77.6 Å². The number of hydrazine groups is 1. The molecule has 1 atom stereocenters. The van der Waals surface area contributed by atoms with E-state index >= 15 is 0 Å². The van der Waals surface area contributed by atoms with E-state index in [-0.39, 0.29) is 6.04 Å². The quantitative estimate of drug-likeness (QED) is 0.806. The van der Waals surface area contributed by atoms with Gasteiger partial charge in [0.15, 0.2) is 0 Å². The molecule has 0 spiro atoms. The number of nitrogens with one attached hydrogen (secondary N) is 2. The topological polar surface area (TPSA) is 24.1 Å². The fraction of sp³-hybridized carbons (Fsp3) is 0.200. The Kier molecular flexibility index (Phi) is 4.40. The van der Waals surface area contributed by atoms with Gasteiger partial charge in [-0.1, -0.05) is 74.5 Å². The first-order chi connectivity index (χ1) is 10.9. The minimum Gasteiger partial charge on any atom is -0.320 e. The number of allylic oxidation sites excluding steroid dienone is 4. The van der Waals surface area contributed by atoms with E-state index in [1.54, 1.807) is 0 Å². The molecule has 2 nitrogen and oxygen atoms in total. The molecule has 1 aliphatic heterocycles. The van der Waals surface area contributed by atoms with Crippen LogP contribution < -0.4 is 10.9 Å². The lowest BCUT2D eigenvalue weighted by molar-refractivity contribution is 0.728. The van der Waals surface area contributed by atoms with Gasteiger partial charge in [0.25, 0.3) is 0 Å². The second kappa shape index (κ2) is 6.63. The van der Waals surface area contributed by atoms with E-state index in [1.165, 1.54) is 28.0 Å².